The van der Waals surface area contributed by atoms with Gasteiger partial charge in [0.1, 0.15) is 17.2 Å². The molecule has 5 heteroatoms. The number of hydrogen-bond donors (Lipinski definition) is 2. The molecule has 0 radical (unpaired) electrons. The molecule has 0 aromatic heterocycles. The topological polar surface area (TPSA) is 73.9 Å². The molecule has 1 aromatic rings. The molecule has 0 fully saturated rings. The average molecular weight is 269 g/mol. The number of hydrogen-bond acceptors (Lipinski definition) is 5. The number of aliphatic hydroxyl groups is 1. The minimum absolute atomic E-state index is 0.105. The Kier molecular flexibility index (Phi) is 5.44. The van der Waals surface area contributed by atoms with E-state index < -0.39 is 5.54 Å². The normalized spacial score (nSPS) is 13.8. The summed E-state index contributed by atoms with van der Waals surface area (Å²) in [6, 6.07) is 3.56. The third-order valence-electron chi connectivity index (χ3n) is 3.14. The van der Waals surface area contributed by atoms with Crippen molar-refractivity contribution in [3.05, 3.63) is 17.7 Å². The Morgan fingerprint density at radius 3 is 2.00 bits per heavy atom. The monoisotopic (exact) mass is 269 g/mol. The molecular formula is C14H23NO4. The van der Waals surface area contributed by atoms with Crippen LogP contribution in [-0.4, -0.2) is 33.0 Å². The molecule has 0 aliphatic carbocycles. The first-order chi connectivity index (χ1) is 9.00. The number of methoxy groups -OCH3 is 3. The van der Waals surface area contributed by atoms with Gasteiger partial charge in [-0.15, -0.1) is 0 Å². The Morgan fingerprint density at radius 1 is 1.11 bits per heavy atom. The third kappa shape index (κ3) is 3.52. The second-order valence-corrected chi connectivity index (χ2v) is 4.65. The van der Waals surface area contributed by atoms with Gasteiger partial charge in [-0.3, -0.25) is 0 Å². The molecule has 1 unspecified atom stereocenters. The quantitative estimate of drug-likeness (QED) is 0.787. The van der Waals surface area contributed by atoms with Gasteiger partial charge in [0.25, 0.3) is 0 Å². The predicted octanol–water partition coefficient (Wildman–Crippen LogP) is 1.66. The van der Waals surface area contributed by atoms with Crippen LogP contribution < -0.4 is 19.9 Å². The summed E-state index contributed by atoms with van der Waals surface area (Å²) < 4.78 is 16.0. The van der Waals surface area contributed by atoms with Gasteiger partial charge in [-0.05, 0) is 19.8 Å². The lowest BCUT2D eigenvalue weighted by atomic mass is 9.87. The van der Waals surface area contributed by atoms with Crippen LogP contribution in [0.5, 0.6) is 17.2 Å². The van der Waals surface area contributed by atoms with E-state index in [0.29, 0.717) is 30.1 Å². The maximum Gasteiger partial charge on any atom is 0.131 e. The van der Waals surface area contributed by atoms with E-state index in [0.717, 1.165) is 5.56 Å². The smallest absolute Gasteiger partial charge is 0.131 e. The van der Waals surface area contributed by atoms with E-state index in [1.165, 1.54) is 0 Å². The van der Waals surface area contributed by atoms with Crippen molar-refractivity contribution in [3.63, 3.8) is 0 Å². The lowest BCUT2D eigenvalue weighted by Crippen LogP contribution is -2.34. The molecule has 0 saturated carbocycles. The van der Waals surface area contributed by atoms with Crippen LogP contribution >= 0.6 is 0 Å². The van der Waals surface area contributed by atoms with Crippen LogP contribution in [0.3, 0.4) is 0 Å². The van der Waals surface area contributed by atoms with Crippen molar-refractivity contribution in [1.29, 1.82) is 0 Å². The van der Waals surface area contributed by atoms with E-state index in [1.54, 1.807) is 33.5 Å². The third-order valence-corrected chi connectivity index (χ3v) is 3.14. The van der Waals surface area contributed by atoms with Crippen molar-refractivity contribution >= 4 is 0 Å². The Bertz CT molecular complexity index is 393. The van der Waals surface area contributed by atoms with Crippen LogP contribution in [0.1, 0.15) is 25.3 Å². The van der Waals surface area contributed by atoms with E-state index in [4.69, 9.17) is 25.1 Å². The summed E-state index contributed by atoms with van der Waals surface area (Å²) in [6.45, 7) is 2.00. The number of rotatable bonds is 7. The molecular weight excluding hydrogens is 246 g/mol. The molecule has 1 rings (SSSR count). The molecule has 5 nitrogen and oxygen atoms in total. The summed E-state index contributed by atoms with van der Waals surface area (Å²) in [5.74, 6) is 1.90. The van der Waals surface area contributed by atoms with Crippen LogP contribution in [0.2, 0.25) is 0 Å². The maximum atomic E-state index is 8.97. The standard InChI is InChI=1S/C14H23NO4/c1-14(15,6-5-7-16)13-11(18-3)8-10(17-2)9-12(13)19-4/h8-9,16H,5-7,15H2,1-4H3. The summed E-state index contributed by atoms with van der Waals surface area (Å²) in [6.07, 6.45) is 1.24. The van der Waals surface area contributed by atoms with E-state index in [-0.39, 0.29) is 6.61 Å². The maximum absolute atomic E-state index is 8.97. The fourth-order valence-electron chi connectivity index (χ4n) is 2.14. The SMILES string of the molecule is COc1cc(OC)c(C(C)(N)CCCO)c(OC)c1. The fraction of sp³-hybridized carbons (Fsp3) is 0.571. The second-order valence-electron chi connectivity index (χ2n) is 4.65. The Balaban J connectivity index is 3.30. The van der Waals surface area contributed by atoms with E-state index in [1.807, 2.05) is 6.92 Å². The van der Waals surface area contributed by atoms with Crippen LogP contribution in [0.15, 0.2) is 12.1 Å². The molecule has 0 saturated heterocycles. The van der Waals surface area contributed by atoms with Crippen LogP contribution in [-0.2, 0) is 5.54 Å². The number of ether oxygens (including phenoxy) is 3. The molecule has 0 aliphatic rings. The Hall–Kier alpha value is -1.46. The molecule has 1 aromatic carbocycles. The lowest BCUT2D eigenvalue weighted by Gasteiger charge is -2.29. The van der Waals surface area contributed by atoms with Gasteiger partial charge < -0.3 is 25.1 Å². The van der Waals surface area contributed by atoms with Gasteiger partial charge in [0.15, 0.2) is 0 Å². The average Bonchev–Trinajstić information content (AvgIpc) is 2.43. The van der Waals surface area contributed by atoms with E-state index >= 15 is 0 Å². The highest BCUT2D eigenvalue weighted by Crippen LogP contribution is 2.41. The zero-order chi connectivity index (χ0) is 14.5. The highest BCUT2D eigenvalue weighted by Gasteiger charge is 2.29. The van der Waals surface area contributed by atoms with Gasteiger partial charge in [0, 0.05) is 24.3 Å². The molecule has 0 heterocycles. The summed E-state index contributed by atoms with van der Waals surface area (Å²) in [7, 11) is 4.75. The van der Waals surface area contributed by atoms with Crippen molar-refractivity contribution in [2.45, 2.75) is 25.3 Å². The first-order valence-corrected chi connectivity index (χ1v) is 6.20. The zero-order valence-electron chi connectivity index (χ0n) is 12.0. The van der Waals surface area contributed by atoms with E-state index in [9.17, 15) is 0 Å². The largest absolute Gasteiger partial charge is 0.496 e. The van der Waals surface area contributed by atoms with Crippen molar-refractivity contribution in [2.24, 2.45) is 5.73 Å². The zero-order valence-corrected chi connectivity index (χ0v) is 12.0. The molecule has 19 heavy (non-hydrogen) atoms. The van der Waals surface area contributed by atoms with Gasteiger partial charge in [0.2, 0.25) is 0 Å². The van der Waals surface area contributed by atoms with Crippen LogP contribution in [0, 0.1) is 0 Å². The Labute approximate surface area is 114 Å². The highest BCUT2D eigenvalue weighted by molar-refractivity contribution is 5.54. The second kappa shape index (κ2) is 6.63. The van der Waals surface area contributed by atoms with Crippen molar-refractivity contribution in [1.82, 2.24) is 0 Å². The minimum atomic E-state index is -0.647. The van der Waals surface area contributed by atoms with Crippen molar-refractivity contribution in [2.75, 3.05) is 27.9 Å². The fourth-order valence-corrected chi connectivity index (χ4v) is 2.14. The highest BCUT2D eigenvalue weighted by atomic mass is 16.5. The molecule has 1 atom stereocenters. The summed E-state index contributed by atoms with van der Waals surface area (Å²) in [5.41, 5.74) is 6.49. The van der Waals surface area contributed by atoms with Gasteiger partial charge in [-0.25, -0.2) is 0 Å². The summed E-state index contributed by atoms with van der Waals surface area (Å²) in [5, 5.41) is 8.97. The number of nitrogens with two attached hydrogens (primary N) is 1. The van der Waals surface area contributed by atoms with Crippen LogP contribution in [0.25, 0.3) is 0 Å². The van der Waals surface area contributed by atoms with Gasteiger partial charge in [0.05, 0.1) is 26.9 Å². The predicted molar refractivity (Wildman–Crippen MR) is 74.0 cm³/mol. The van der Waals surface area contributed by atoms with Crippen LogP contribution in [0.4, 0.5) is 0 Å². The van der Waals surface area contributed by atoms with E-state index in [2.05, 4.69) is 0 Å². The summed E-state index contributed by atoms with van der Waals surface area (Å²) >= 11 is 0. The molecule has 0 aliphatic heterocycles. The van der Waals surface area contributed by atoms with Gasteiger partial charge >= 0.3 is 0 Å². The molecule has 0 amide bonds. The number of aliphatic hydroxyl groups excluding tert-OH is 1. The first-order valence-electron chi connectivity index (χ1n) is 6.20. The summed E-state index contributed by atoms with van der Waals surface area (Å²) in [4.78, 5) is 0. The first kappa shape index (κ1) is 15.6. The number of benzene rings is 1. The molecule has 0 spiro atoms. The van der Waals surface area contributed by atoms with Gasteiger partial charge in [-0.1, -0.05) is 0 Å². The molecule has 0 bridgehead atoms. The molecule has 3 N–H and O–H groups in total. The van der Waals surface area contributed by atoms with Crippen molar-refractivity contribution < 1.29 is 19.3 Å². The minimum Gasteiger partial charge on any atom is -0.496 e. The lowest BCUT2D eigenvalue weighted by molar-refractivity contribution is 0.260. The van der Waals surface area contributed by atoms with Crippen molar-refractivity contribution in [3.8, 4) is 17.2 Å². The molecule has 108 valence electrons. The van der Waals surface area contributed by atoms with Gasteiger partial charge in [-0.2, -0.15) is 0 Å². The Morgan fingerprint density at radius 2 is 1.63 bits per heavy atom.